The fourth-order valence-corrected chi connectivity index (χ4v) is 2.98. The number of carbonyl (C=O) groups is 4. The maximum Gasteiger partial charge on any atom is 0.326 e. The van der Waals surface area contributed by atoms with Crippen LogP contribution in [0, 0.1) is 11.6 Å². The van der Waals surface area contributed by atoms with E-state index in [-0.39, 0.29) is 17.8 Å². The first-order chi connectivity index (χ1) is 16.3. The quantitative estimate of drug-likeness (QED) is 0.512. The summed E-state index contributed by atoms with van der Waals surface area (Å²) in [6.45, 7) is 0.0162. The SMILES string of the molecule is NC(=O)N(CCc1ccccn1)C(=O)c1ccc(NC(=O)NC(=O)c2c(F)cccc2F)cc1. The van der Waals surface area contributed by atoms with Crippen molar-refractivity contribution in [2.24, 2.45) is 5.73 Å². The molecule has 11 heteroatoms. The van der Waals surface area contributed by atoms with Gasteiger partial charge in [-0.15, -0.1) is 0 Å². The highest BCUT2D eigenvalue weighted by molar-refractivity contribution is 6.08. The summed E-state index contributed by atoms with van der Waals surface area (Å²) in [4.78, 5) is 53.5. The van der Waals surface area contributed by atoms with Crippen LogP contribution < -0.4 is 16.4 Å². The molecule has 174 valence electrons. The van der Waals surface area contributed by atoms with Gasteiger partial charge in [-0.1, -0.05) is 12.1 Å². The smallest absolute Gasteiger partial charge is 0.326 e. The summed E-state index contributed by atoms with van der Waals surface area (Å²) < 4.78 is 27.3. The molecule has 3 rings (SSSR count). The molecule has 3 aromatic rings. The number of hydrogen-bond donors (Lipinski definition) is 3. The van der Waals surface area contributed by atoms with E-state index in [9.17, 15) is 28.0 Å². The highest BCUT2D eigenvalue weighted by atomic mass is 19.1. The van der Waals surface area contributed by atoms with E-state index in [0.29, 0.717) is 12.1 Å². The lowest BCUT2D eigenvalue weighted by Gasteiger charge is -2.18. The first kappa shape index (κ1) is 24.0. The minimum Gasteiger partial charge on any atom is -0.351 e. The number of nitrogens with one attached hydrogen (secondary N) is 2. The van der Waals surface area contributed by atoms with Crippen molar-refractivity contribution >= 4 is 29.6 Å². The molecule has 0 aliphatic carbocycles. The van der Waals surface area contributed by atoms with Gasteiger partial charge in [0.05, 0.1) is 0 Å². The van der Waals surface area contributed by atoms with Gasteiger partial charge in [-0.05, 0) is 48.5 Å². The Hall–Kier alpha value is -4.67. The third kappa shape index (κ3) is 5.97. The first-order valence-corrected chi connectivity index (χ1v) is 9.94. The van der Waals surface area contributed by atoms with E-state index in [4.69, 9.17) is 5.73 Å². The summed E-state index contributed by atoms with van der Waals surface area (Å²) >= 11 is 0. The number of primary amides is 1. The number of amides is 6. The molecule has 0 unspecified atom stereocenters. The zero-order valence-electron chi connectivity index (χ0n) is 17.6. The van der Waals surface area contributed by atoms with Crippen LogP contribution in [0.4, 0.5) is 24.1 Å². The number of anilines is 1. The van der Waals surface area contributed by atoms with Gasteiger partial charge in [0.15, 0.2) is 0 Å². The molecule has 4 N–H and O–H groups in total. The molecule has 0 aliphatic rings. The summed E-state index contributed by atoms with van der Waals surface area (Å²) in [7, 11) is 0. The zero-order chi connectivity index (χ0) is 24.7. The molecule has 0 saturated carbocycles. The lowest BCUT2D eigenvalue weighted by molar-refractivity contribution is 0.0808. The molecule has 1 aromatic heterocycles. The monoisotopic (exact) mass is 467 g/mol. The van der Waals surface area contributed by atoms with Crippen molar-refractivity contribution in [1.29, 1.82) is 0 Å². The number of benzene rings is 2. The van der Waals surface area contributed by atoms with E-state index >= 15 is 0 Å². The lowest BCUT2D eigenvalue weighted by Crippen LogP contribution is -2.42. The highest BCUT2D eigenvalue weighted by Crippen LogP contribution is 2.14. The number of aromatic nitrogens is 1. The fraction of sp³-hybridized carbons (Fsp3) is 0.0870. The Morgan fingerprint density at radius 1 is 0.912 bits per heavy atom. The average Bonchev–Trinajstić information content (AvgIpc) is 2.80. The van der Waals surface area contributed by atoms with Crippen LogP contribution in [0.5, 0.6) is 0 Å². The second kappa shape index (κ2) is 10.8. The molecular formula is C23H19F2N5O4. The number of carbonyl (C=O) groups excluding carboxylic acids is 4. The Balaban J connectivity index is 1.61. The van der Waals surface area contributed by atoms with Crippen molar-refractivity contribution in [3.8, 4) is 0 Å². The Kier molecular flexibility index (Phi) is 7.60. The standard InChI is InChI=1S/C23H19F2N5O4/c24-17-5-3-6-18(25)19(17)20(31)29-23(34)28-16-9-7-14(8-10-16)21(32)30(22(26)33)13-11-15-4-1-2-12-27-15/h1-10,12H,11,13H2,(H2,26,33)(H2,28,29,31,34). The molecule has 0 bridgehead atoms. The van der Waals surface area contributed by atoms with Crippen LogP contribution in [0.25, 0.3) is 0 Å². The fourth-order valence-electron chi connectivity index (χ4n) is 2.98. The van der Waals surface area contributed by atoms with Crippen molar-refractivity contribution in [3.05, 3.63) is 95.3 Å². The predicted molar refractivity (Wildman–Crippen MR) is 118 cm³/mol. The number of hydrogen-bond acceptors (Lipinski definition) is 5. The predicted octanol–water partition coefficient (Wildman–Crippen LogP) is 3.09. The maximum absolute atomic E-state index is 13.7. The summed E-state index contributed by atoms with van der Waals surface area (Å²) in [6, 6.07) is 11.5. The second-order valence-corrected chi connectivity index (χ2v) is 6.95. The van der Waals surface area contributed by atoms with Crippen molar-refractivity contribution in [1.82, 2.24) is 15.2 Å². The van der Waals surface area contributed by atoms with Crippen LogP contribution in [0.1, 0.15) is 26.4 Å². The third-order valence-corrected chi connectivity index (χ3v) is 4.64. The number of imide groups is 2. The van der Waals surface area contributed by atoms with E-state index in [2.05, 4.69) is 10.3 Å². The van der Waals surface area contributed by atoms with Gasteiger partial charge in [0.1, 0.15) is 17.2 Å². The van der Waals surface area contributed by atoms with Crippen LogP contribution in [0.2, 0.25) is 0 Å². The maximum atomic E-state index is 13.7. The molecule has 1 heterocycles. The van der Waals surface area contributed by atoms with Gasteiger partial charge >= 0.3 is 12.1 Å². The number of halogens is 2. The van der Waals surface area contributed by atoms with Crippen molar-refractivity contribution in [2.75, 3.05) is 11.9 Å². The molecular weight excluding hydrogens is 448 g/mol. The Bertz CT molecular complexity index is 1200. The van der Waals surface area contributed by atoms with E-state index < -0.39 is 41.1 Å². The molecule has 0 atom stereocenters. The molecule has 2 aromatic carbocycles. The van der Waals surface area contributed by atoms with E-state index in [1.165, 1.54) is 24.3 Å². The highest BCUT2D eigenvalue weighted by Gasteiger charge is 2.21. The number of nitrogens with two attached hydrogens (primary N) is 1. The van der Waals surface area contributed by atoms with Crippen LogP contribution >= 0.6 is 0 Å². The van der Waals surface area contributed by atoms with Gasteiger partial charge < -0.3 is 11.1 Å². The largest absolute Gasteiger partial charge is 0.351 e. The number of pyridine rings is 1. The van der Waals surface area contributed by atoms with Gasteiger partial charge in [0, 0.05) is 36.1 Å². The topological polar surface area (TPSA) is 134 Å². The van der Waals surface area contributed by atoms with Gasteiger partial charge in [-0.25, -0.2) is 18.4 Å². The van der Waals surface area contributed by atoms with Crippen LogP contribution in [0.3, 0.4) is 0 Å². The summed E-state index contributed by atoms with van der Waals surface area (Å²) in [5, 5.41) is 4.12. The third-order valence-electron chi connectivity index (χ3n) is 4.64. The minimum atomic E-state index is -1.26. The molecule has 0 saturated heterocycles. The lowest BCUT2D eigenvalue weighted by atomic mass is 10.1. The average molecular weight is 467 g/mol. The van der Waals surface area contributed by atoms with Crippen LogP contribution in [-0.2, 0) is 6.42 Å². The zero-order valence-corrected chi connectivity index (χ0v) is 17.6. The minimum absolute atomic E-state index is 0.0162. The van der Waals surface area contributed by atoms with Crippen LogP contribution in [0.15, 0.2) is 66.9 Å². The summed E-state index contributed by atoms with van der Waals surface area (Å²) in [5.74, 6) is -4.14. The van der Waals surface area contributed by atoms with E-state index in [1.54, 1.807) is 24.4 Å². The van der Waals surface area contributed by atoms with Gasteiger partial charge in [0.2, 0.25) is 0 Å². The Labute approximate surface area is 192 Å². The van der Waals surface area contributed by atoms with Crippen molar-refractivity contribution in [2.45, 2.75) is 6.42 Å². The van der Waals surface area contributed by atoms with E-state index in [0.717, 1.165) is 23.1 Å². The van der Waals surface area contributed by atoms with Gasteiger partial charge in [-0.2, -0.15) is 0 Å². The molecule has 0 radical (unpaired) electrons. The second-order valence-electron chi connectivity index (χ2n) is 6.95. The number of rotatable bonds is 6. The first-order valence-electron chi connectivity index (χ1n) is 9.94. The van der Waals surface area contributed by atoms with Crippen molar-refractivity contribution < 1.29 is 28.0 Å². The summed E-state index contributed by atoms with van der Waals surface area (Å²) in [5.41, 5.74) is 5.43. The molecule has 0 aliphatic heterocycles. The number of urea groups is 2. The molecule has 0 fully saturated rings. The van der Waals surface area contributed by atoms with Crippen molar-refractivity contribution in [3.63, 3.8) is 0 Å². The molecule has 0 spiro atoms. The normalized spacial score (nSPS) is 10.3. The molecule has 9 nitrogen and oxygen atoms in total. The summed E-state index contributed by atoms with van der Waals surface area (Å²) in [6.07, 6.45) is 1.90. The van der Waals surface area contributed by atoms with Gasteiger partial charge in [-0.3, -0.25) is 24.8 Å². The van der Waals surface area contributed by atoms with Crippen LogP contribution in [-0.4, -0.2) is 40.3 Å². The molecule has 6 amide bonds. The van der Waals surface area contributed by atoms with Gasteiger partial charge in [0.25, 0.3) is 11.8 Å². The Morgan fingerprint density at radius 3 is 2.18 bits per heavy atom. The molecule has 34 heavy (non-hydrogen) atoms. The number of nitrogens with zero attached hydrogens (tertiary/aromatic N) is 2. The Morgan fingerprint density at radius 2 is 1.59 bits per heavy atom. The van der Waals surface area contributed by atoms with E-state index in [1.807, 2.05) is 5.32 Å².